The molecule has 3 heteroatoms. The second-order valence-corrected chi connectivity index (χ2v) is 3.70. The highest BCUT2D eigenvalue weighted by Gasteiger charge is 2.32. The predicted octanol–water partition coefficient (Wildman–Crippen LogP) is 1.72. The lowest BCUT2D eigenvalue weighted by Gasteiger charge is -2.17. The zero-order valence-electron chi connectivity index (χ0n) is 8.47. The van der Waals surface area contributed by atoms with Crippen molar-refractivity contribution in [2.45, 2.75) is 6.04 Å². The van der Waals surface area contributed by atoms with E-state index in [2.05, 4.69) is 12.1 Å². The quantitative estimate of drug-likeness (QED) is 0.661. The molecule has 1 aliphatic heterocycles. The van der Waals surface area contributed by atoms with E-state index in [9.17, 15) is 4.79 Å². The van der Waals surface area contributed by atoms with Gasteiger partial charge in [-0.15, -0.1) is 0 Å². The molecule has 0 aromatic heterocycles. The summed E-state index contributed by atoms with van der Waals surface area (Å²) in [4.78, 5) is 15.1. The van der Waals surface area contributed by atoms with Gasteiger partial charge < -0.3 is 9.80 Å². The molecule has 1 saturated heterocycles. The molecule has 2 rings (SSSR count). The molecule has 0 spiro atoms. The van der Waals surface area contributed by atoms with Gasteiger partial charge in [0.15, 0.2) is 0 Å². The number of hydrogen-bond acceptors (Lipinski definition) is 1. The predicted molar refractivity (Wildman–Crippen MR) is 55.0 cm³/mol. The first-order valence-corrected chi connectivity index (χ1v) is 4.73. The molecule has 2 amide bonds. The molecule has 1 fully saturated rings. The summed E-state index contributed by atoms with van der Waals surface area (Å²) in [5.41, 5.74) is 1.20. The Hall–Kier alpha value is -1.51. The summed E-state index contributed by atoms with van der Waals surface area (Å²) >= 11 is 0. The standard InChI is InChI=1S/C11H14N2O/c1-12-8-10(13(2)11(12)14)9-6-4-3-5-7-9/h3-7,10H,8H2,1-2H3/t10-/m1/s1. The van der Waals surface area contributed by atoms with Crippen molar-refractivity contribution in [1.29, 1.82) is 0 Å². The summed E-state index contributed by atoms with van der Waals surface area (Å²) in [6.45, 7) is 0.777. The topological polar surface area (TPSA) is 23.6 Å². The fourth-order valence-corrected chi connectivity index (χ4v) is 1.87. The smallest absolute Gasteiger partial charge is 0.320 e. The normalized spacial score (nSPS) is 21.9. The van der Waals surface area contributed by atoms with E-state index < -0.39 is 0 Å². The van der Waals surface area contributed by atoms with E-state index in [0.29, 0.717) is 0 Å². The molecule has 1 aromatic carbocycles. The second kappa shape index (κ2) is 3.33. The Morgan fingerprint density at radius 1 is 1.21 bits per heavy atom. The number of nitrogens with zero attached hydrogens (tertiary/aromatic N) is 2. The molecule has 74 valence electrons. The Bertz CT molecular complexity index is 336. The van der Waals surface area contributed by atoms with Crippen LogP contribution in [-0.4, -0.2) is 36.5 Å². The van der Waals surface area contributed by atoms with Gasteiger partial charge in [0.2, 0.25) is 0 Å². The third-order valence-corrected chi connectivity index (χ3v) is 2.73. The van der Waals surface area contributed by atoms with Crippen LogP contribution >= 0.6 is 0 Å². The molecule has 0 aliphatic carbocycles. The number of rotatable bonds is 1. The summed E-state index contributed by atoms with van der Waals surface area (Å²) in [5, 5.41) is 0. The monoisotopic (exact) mass is 190 g/mol. The van der Waals surface area contributed by atoms with Gasteiger partial charge in [-0.3, -0.25) is 0 Å². The van der Waals surface area contributed by atoms with Crippen LogP contribution in [0.2, 0.25) is 0 Å². The largest absolute Gasteiger partial charge is 0.325 e. The van der Waals surface area contributed by atoms with Crippen molar-refractivity contribution in [3.8, 4) is 0 Å². The van der Waals surface area contributed by atoms with E-state index in [0.717, 1.165) is 6.54 Å². The van der Waals surface area contributed by atoms with Crippen LogP contribution in [0.1, 0.15) is 11.6 Å². The van der Waals surface area contributed by atoms with Crippen LogP contribution in [-0.2, 0) is 0 Å². The molecular formula is C11H14N2O. The Labute approximate surface area is 83.9 Å². The third-order valence-electron chi connectivity index (χ3n) is 2.73. The van der Waals surface area contributed by atoms with E-state index >= 15 is 0 Å². The van der Waals surface area contributed by atoms with E-state index in [1.54, 1.807) is 9.80 Å². The van der Waals surface area contributed by atoms with Crippen LogP contribution in [0.5, 0.6) is 0 Å². The number of benzene rings is 1. The lowest BCUT2D eigenvalue weighted by molar-refractivity contribution is 0.201. The molecule has 0 N–H and O–H groups in total. The van der Waals surface area contributed by atoms with Crippen LogP contribution in [0.15, 0.2) is 30.3 Å². The first-order valence-electron chi connectivity index (χ1n) is 4.73. The van der Waals surface area contributed by atoms with Gasteiger partial charge >= 0.3 is 6.03 Å². The first-order chi connectivity index (χ1) is 6.70. The van der Waals surface area contributed by atoms with Gasteiger partial charge in [-0.25, -0.2) is 4.79 Å². The van der Waals surface area contributed by atoms with Crippen molar-refractivity contribution in [3.05, 3.63) is 35.9 Å². The average Bonchev–Trinajstić information content (AvgIpc) is 2.47. The van der Waals surface area contributed by atoms with Gasteiger partial charge in [0, 0.05) is 20.6 Å². The van der Waals surface area contributed by atoms with Gasteiger partial charge in [0.25, 0.3) is 0 Å². The van der Waals surface area contributed by atoms with E-state index in [1.807, 2.05) is 32.3 Å². The van der Waals surface area contributed by atoms with Gasteiger partial charge in [0.1, 0.15) is 0 Å². The number of carbonyl (C=O) groups excluding carboxylic acids is 1. The van der Waals surface area contributed by atoms with Crippen molar-refractivity contribution in [3.63, 3.8) is 0 Å². The molecule has 1 atom stereocenters. The van der Waals surface area contributed by atoms with Crippen LogP contribution in [0, 0.1) is 0 Å². The number of hydrogen-bond donors (Lipinski definition) is 0. The second-order valence-electron chi connectivity index (χ2n) is 3.70. The van der Waals surface area contributed by atoms with Crippen LogP contribution in [0.25, 0.3) is 0 Å². The molecule has 1 heterocycles. The van der Waals surface area contributed by atoms with Gasteiger partial charge in [0.05, 0.1) is 6.04 Å². The Kier molecular flexibility index (Phi) is 2.15. The van der Waals surface area contributed by atoms with Crippen LogP contribution < -0.4 is 0 Å². The van der Waals surface area contributed by atoms with Crippen LogP contribution in [0.4, 0.5) is 4.79 Å². The lowest BCUT2D eigenvalue weighted by Crippen LogP contribution is -2.26. The minimum Gasteiger partial charge on any atom is -0.325 e. The fourth-order valence-electron chi connectivity index (χ4n) is 1.87. The van der Waals surface area contributed by atoms with Crippen molar-refractivity contribution in [1.82, 2.24) is 9.80 Å². The fraction of sp³-hybridized carbons (Fsp3) is 0.364. The minimum atomic E-state index is 0.0962. The van der Waals surface area contributed by atoms with Gasteiger partial charge in [-0.1, -0.05) is 30.3 Å². The first kappa shape index (κ1) is 9.06. The maximum Gasteiger partial charge on any atom is 0.320 e. The molecule has 0 saturated carbocycles. The molecule has 1 aromatic rings. The maximum atomic E-state index is 11.5. The Morgan fingerprint density at radius 3 is 2.36 bits per heavy atom. The summed E-state index contributed by atoms with van der Waals surface area (Å²) in [5.74, 6) is 0. The molecule has 0 bridgehead atoms. The third kappa shape index (κ3) is 1.35. The lowest BCUT2D eigenvalue weighted by atomic mass is 10.1. The average molecular weight is 190 g/mol. The summed E-state index contributed by atoms with van der Waals surface area (Å²) in [6, 6.07) is 10.4. The highest BCUT2D eigenvalue weighted by atomic mass is 16.2. The van der Waals surface area contributed by atoms with Crippen molar-refractivity contribution >= 4 is 6.03 Å². The summed E-state index contributed by atoms with van der Waals surface area (Å²) in [7, 11) is 3.69. The molecule has 0 unspecified atom stereocenters. The van der Waals surface area contributed by atoms with E-state index in [4.69, 9.17) is 0 Å². The molecular weight excluding hydrogens is 176 g/mol. The number of likely N-dealkylation sites (N-methyl/N-ethyl adjacent to an activating group) is 2. The van der Waals surface area contributed by atoms with Crippen molar-refractivity contribution in [2.75, 3.05) is 20.6 Å². The number of urea groups is 1. The minimum absolute atomic E-state index is 0.0962. The van der Waals surface area contributed by atoms with E-state index in [1.165, 1.54) is 5.56 Å². The van der Waals surface area contributed by atoms with Crippen LogP contribution in [0.3, 0.4) is 0 Å². The van der Waals surface area contributed by atoms with Gasteiger partial charge in [-0.2, -0.15) is 0 Å². The zero-order valence-corrected chi connectivity index (χ0v) is 8.47. The highest BCUT2D eigenvalue weighted by Crippen LogP contribution is 2.26. The maximum absolute atomic E-state index is 11.5. The Morgan fingerprint density at radius 2 is 1.86 bits per heavy atom. The van der Waals surface area contributed by atoms with Crippen molar-refractivity contribution in [2.24, 2.45) is 0 Å². The summed E-state index contributed by atoms with van der Waals surface area (Å²) in [6.07, 6.45) is 0. The molecule has 1 aliphatic rings. The zero-order chi connectivity index (χ0) is 10.1. The SMILES string of the molecule is CN1C[C@H](c2ccccc2)N(C)C1=O. The molecule has 0 radical (unpaired) electrons. The van der Waals surface area contributed by atoms with Crippen molar-refractivity contribution < 1.29 is 4.79 Å². The number of amides is 2. The summed E-state index contributed by atoms with van der Waals surface area (Å²) < 4.78 is 0. The molecule has 3 nitrogen and oxygen atoms in total. The van der Waals surface area contributed by atoms with Gasteiger partial charge in [-0.05, 0) is 5.56 Å². The Balaban J connectivity index is 2.26. The highest BCUT2D eigenvalue weighted by molar-refractivity contribution is 5.76. The number of carbonyl (C=O) groups is 1. The molecule has 14 heavy (non-hydrogen) atoms. The van der Waals surface area contributed by atoms with E-state index in [-0.39, 0.29) is 12.1 Å².